The molecule has 0 saturated heterocycles. The summed E-state index contributed by atoms with van der Waals surface area (Å²) in [5, 5.41) is 4.36. The van der Waals surface area contributed by atoms with E-state index in [0.29, 0.717) is 16.8 Å². The van der Waals surface area contributed by atoms with E-state index in [4.69, 9.17) is 0 Å². The number of rotatable bonds is 3. The van der Waals surface area contributed by atoms with Crippen molar-refractivity contribution in [2.24, 2.45) is 0 Å². The van der Waals surface area contributed by atoms with Gasteiger partial charge in [0.05, 0.1) is 10.6 Å². The van der Waals surface area contributed by atoms with Crippen LogP contribution in [0.15, 0.2) is 65.6 Å². The zero-order chi connectivity index (χ0) is 18.5. The topological polar surface area (TPSA) is 66.5 Å². The summed E-state index contributed by atoms with van der Waals surface area (Å²) in [6, 6.07) is 17.1. The van der Waals surface area contributed by atoms with Crippen molar-refractivity contribution in [3.05, 3.63) is 66.2 Å². The molecule has 1 aliphatic heterocycles. The Morgan fingerprint density at radius 3 is 2.42 bits per heavy atom. The molecule has 0 radical (unpaired) electrons. The molecule has 0 aromatic heterocycles. The van der Waals surface area contributed by atoms with Crippen LogP contribution in [0.5, 0.6) is 0 Å². The van der Waals surface area contributed by atoms with Crippen LogP contribution in [-0.2, 0) is 14.8 Å². The summed E-state index contributed by atoms with van der Waals surface area (Å²) in [6.07, 6.45) is 0. The predicted molar refractivity (Wildman–Crippen MR) is 103 cm³/mol. The number of nitrogens with one attached hydrogen (secondary N) is 1. The molecule has 1 N–H and O–H groups in total. The summed E-state index contributed by atoms with van der Waals surface area (Å²) >= 11 is 0. The van der Waals surface area contributed by atoms with Gasteiger partial charge in [-0.05, 0) is 43.0 Å². The number of hydrogen-bond acceptors (Lipinski definition) is 3. The molecule has 6 heteroatoms. The molecular weight excluding hydrogens is 348 g/mol. The van der Waals surface area contributed by atoms with E-state index < -0.39 is 16.1 Å². The van der Waals surface area contributed by atoms with E-state index >= 15 is 0 Å². The van der Waals surface area contributed by atoms with E-state index in [9.17, 15) is 13.2 Å². The van der Waals surface area contributed by atoms with Gasteiger partial charge >= 0.3 is 0 Å². The maximum Gasteiger partial charge on any atom is 0.265 e. The highest BCUT2D eigenvalue weighted by atomic mass is 32.2. The molecule has 0 bridgehead atoms. The second kappa shape index (κ2) is 5.85. The Balaban J connectivity index is 1.75. The number of benzene rings is 3. The van der Waals surface area contributed by atoms with Crippen molar-refractivity contribution in [2.75, 3.05) is 9.62 Å². The van der Waals surface area contributed by atoms with E-state index in [1.807, 2.05) is 37.3 Å². The van der Waals surface area contributed by atoms with E-state index in [0.717, 1.165) is 10.9 Å². The molecule has 3 aromatic carbocycles. The highest BCUT2D eigenvalue weighted by molar-refractivity contribution is 7.93. The van der Waals surface area contributed by atoms with Gasteiger partial charge in [0.2, 0.25) is 5.91 Å². The SMILES string of the molecule is Cc1ccccc1NC(=O)[C@@H](C)N1c2cccc3cccc(c23)S1(=O)=O. The van der Waals surface area contributed by atoms with Crippen LogP contribution in [0.4, 0.5) is 11.4 Å². The smallest absolute Gasteiger partial charge is 0.265 e. The molecule has 0 saturated carbocycles. The van der Waals surface area contributed by atoms with Gasteiger partial charge in [-0.1, -0.05) is 42.5 Å². The van der Waals surface area contributed by atoms with Crippen molar-refractivity contribution in [2.45, 2.75) is 24.8 Å². The molecule has 0 unspecified atom stereocenters. The number of carbonyl (C=O) groups is 1. The predicted octanol–water partition coefficient (Wildman–Crippen LogP) is 3.68. The van der Waals surface area contributed by atoms with Gasteiger partial charge in [-0.15, -0.1) is 0 Å². The van der Waals surface area contributed by atoms with E-state index in [1.54, 1.807) is 37.3 Å². The Morgan fingerprint density at radius 2 is 1.69 bits per heavy atom. The van der Waals surface area contributed by atoms with Crippen LogP contribution in [0.1, 0.15) is 12.5 Å². The Kier molecular flexibility index (Phi) is 3.73. The summed E-state index contributed by atoms with van der Waals surface area (Å²) in [5.41, 5.74) is 2.14. The molecule has 5 nitrogen and oxygen atoms in total. The van der Waals surface area contributed by atoms with Gasteiger partial charge in [0.25, 0.3) is 10.0 Å². The first-order valence-electron chi connectivity index (χ1n) is 8.34. The monoisotopic (exact) mass is 366 g/mol. The lowest BCUT2D eigenvalue weighted by molar-refractivity contribution is -0.116. The van der Waals surface area contributed by atoms with Crippen molar-refractivity contribution in [3.8, 4) is 0 Å². The summed E-state index contributed by atoms with van der Waals surface area (Å²) in [5.74, 6) is -0.368. The Bertz CT molecular complexity index is 1130. The number of amides is 1. The lowest BCUT2D eigenvalue weighted by Crippen LogP contribution is -2.44. The Hall–Kier alpha value is -2.86. The number of aryl methyl sites for hydroxylation is 1. The first-order chi connectivity index (χ1) is 12.4. The number of hydrogen-bond donors (Lipinski definition) is 1. The van der Waals surface area contributed by atoms with Crippen molar-refractivity contribution >= 4 is 38.1 Å². The third-order valence-corrected chi connectivity index (χ3v) is 6.68. The van der Waals surface area contributed by atoms with Gasteiger partial charge in [0.15, 0.2) is 0 Å². The van der Waals surface area contributed by atoms with Gasteiger partial charge in [-0.3, -0.25) is 9.10 Å². The second-order valence-electron chi connectivity index (χ2n) is 6.41. The minimum atomic E-state index is -3.77. The zero-order valence-electron chi connectivity index (χ0n) is 14.4. The second-order valence-corrected chi connectivity index (χ2v) is 8.20. The molecule has 4 rings (SSSR count). The molecule has 1 heterocycles. The number of nitrogens with zero attached hydrogens (tertiary/aromatic N) is 1. The lowest BCUT2D eigenvalue weighted by atomic mass is 10.1. The Labute approximate surface area is 152 Å². The normalized spacial score (nSPS) is 15.8. The largest absolute Gasteiger partial charge is 0.324 e. The van der Waals surface area contributed by atoms with Crippen LogP contribution in [0.25, 0.3) is 10.8 Å². The number of anilines is 2. The number of para-hydroxylation sites is 1. The first-order valence-corrected chi connectivity index (χ1v) is 9.78. The standard InChI is InChI=1S/C20H18N2O3S/c1-13-7-3-4-10-16(13)21-20(23)14(2)22-17-11-5-8-15-9-6-12-18(19(15)17)26(22,24)25/h3-12,14H,1-2H3,(H,21,23)/t14-/m1/s1. The molecule has 0 aliphatic carbocycles. The summed E-state index contributed by atoms with van der Waals surface area (Å²) < 4.78 is 27.4. The van der Waals surface area contributed by atoms with Crippen LogP contribution in [0, 0.1) is 6.92 Å². The van der Waals surface area contributed by atoms with Crippen molar-refractivity contribution in [1.82, 2.24) is 0 Å². The Morgan fingerprint density at radius 1 is 1.00 bits per heavy atom. The van der Waals surface area contributed by atoms with Gasteiger partial charge in [-0.25, -0.2) is 8.42 Å². The van der Waals surface area contributed by atoms with Crippen LogP contribution in [0.2, 0.25) is 0 Å². The quantitative estimate of drug-likeness (QED) is 0.769. The van der Waals surface area contributed by atoms with Crippen LogP contribution in [-0.4, -0.2) is 20.4 Å². The zero-order valence-corrected chi connectivity index (χ0v) is 15.2. The van der Waals surface area contributed by atoms with E-state index in [2.05, 4.69) is 5.32 Å². The fraction of sp³-hybridized carbons (Fsp3) is 0.150. The van der Waals surface area contributed by atoms with Gasteiger partial charge in [-0.2, -0.15) is 0 Å². The summed E-state index contributed by atoms with van der Waals surface area (Å²) in [7, 11) is -3.77. The molecule has 0 spiro atoms. The maximum atomic E-state index is 13.1. The maximum absolute atomic E-state index is 13.1. The molecule has 26 heavy (non-hydrogen) atoms. The fourth-order valence-corrected chi connectivity index (χ4v) is 5.26. The molecule has 1 amide bonds. The minimum Gasteiger partial charge on any atom is -0.324 e. The van der Waals surface area contributed by atoms with Crippen molar-refractivity contribution in [1.29, 1.82) is 0 Å². The van der Waals surface area contributed by atoms with Crippen molar-refractivity contribution < 1.29 is 13.2 Å². The van der Waals surface area contributed by atoms with Gasteiger partial charge in [0.1, 0.15) is 6.04 Å². The molecular formula is C20H18N2O3S. The van der Waals surface area contributed by atoms with E-state index in [1.165, 1.54) is 4.31 Å². The summed E-state index contributed by atoms with van der Waals surface area (Å²) in [6.45, 7) is 3.50. The van der Waals surface area contributed by atoms with Gasteiger partial charge in [0, 0.05) is 11.1 Å². The van der Waals surface area contributed by atoms with Crippen LogP contribution in [0.3, 0.4) is 0 Å². The highest BCUT2D eigenvalue weighted by Crippen LogP contribution is 2.43. The number of sulfonamides is 1. The lowest BCUT2D eigenvalue weighted by Gasteiger charge is -2.25. The molecule has 0 fully saturated rings. The third kappa shape index (κ3) is 2.37. The summed E-state index contributed by atoms with van der Waals surface area (Å²) in [4.78, 5) is 13.0. The molecule has 3 aromatic rings. The average molecular weight is 366 g/mol. The first kappa shape index (κ1) is 16.6. The minimum absolute atomic E-state index is 0.251. The highest BCUT2D eigenvalue weighted by Gasteiger charge is 2.40. The molecule has 1 atom stereocenters. The fourth-order valence-electron chi connectivity index (χ4n) is 3.40. The third-order valence-electron chi connectivity index (χ3n) is 4.75. The number of carbonyl (C=O) groups excluding carboxylic acids is 1. The van der Waals surface area contributed by atoms with Gasteiger partial charge < -0.3 is 5.32 Å². The molecule has 132 valence electrons. The van der Waals surface area contributed by atoms with Crippen molar-refractivity contribution in [3.63, 3.8) is 0 Å². The average Bonchev–Trinajstić information content (AvgIpc) is 2.85. The van der Waals surface area contributed by atoms with Crippen LogP contribution < -0.4 is 9.62 Å². The van der Waals surface area contributed by atoms with Crippen LogP contribution >= 0.6 is 0 Å². The van der Waals surface area contributed by atoms with E-state index in [-0.39, 0.29) is 10.8 Å². The molecule has 1 aliphatic rings.